The largest absolute Gasteiger partial charge is 0.260 e. The molecule has 0 aromatic carbocycles. The summed E-state index contributed by atoms with van der Waals surface area (Å²) >= 11 is 0. The maximum absolute atomic E-state index is 11.3. The van der Waals surface area contributed by atoms with E-state index in [-0.39, 0.29) is 5.25 Å². The second-order valence-corrected chi connectivity index (χ2v) is 7.71. The minimum absolute atomic E-state index is 0.0323. The molecule has 0 radical (unpaired) electrons. The van der Waals surface area contributed by atoms with E-state index in [2.05, 4.69) is 4.72 Å². The zero-order valence-electron chi connectivity index (χ0n) is 9.11. The number of hydrogen-bond donors (Lipinski definition) is 1. The molecule has 0 spiro atoms. The van der Waals surface area contributed by atoms with Gasteiger partial charge < -0.3 is 0 Å². The fourth-order valence-corrected chi connectivity index (χ4v) is 1.92. The fourth-order valence-electron chi connectivity index (χ4n) is 0.737. The number of rotatable bonds is 6. The quantitative estimate of drug-likeness (QED) is 0.735. The van der Waals surface area contributed by atoms with Crippen molar-refractivity contribution in [1.29, 1.82) is 0 Å². The van der Waals surface area contributed by atoms with E-state index in [1.807, 2.05) is 6.92 Å². The van der Waals surface area contributed by atoms with Crippen LogP contribution in [0.15, 0.2) is 0 Å². The summed E-state index contributed by atoms with van der Waals surface area (Å²) in [6.07, 6.45) is 2.23. The van der Waals surface area contributed by atoms with Crippen LogP contribution >= 0.6 is 0 Å². The molecule has 0 saturated carbocycles. The van der Waals surface area contributed by atoms with E-state index in [9.17, 15) is 12.6 Å². The number of sulfonamides is 1. The Morgan fingerprint density at radius 1 is 1.29 bits per heavy atom. The van der Waals surface area contributed by atoms with Gasteiger partial charge in [-0.05, 0) is 20.3 Å². The van der Waals surface area contributed by atoms with E-state index < -0.39 is 26.1 Å². The first-order valence-corrected chi connectivity index (χ1v) is 7.75. The van der Waals surface area contributed by atoms with E-state index in [0.29, 0.717) is 13.0 Å². The first-order chi connectivity index (χ1) is 6.27. The smallest absolute Gasteiger partial charge is 0.213 e. The van der Waals surface area contributed by atoms with Crippen molar-refractivity contribution < 1.29 is 12.6 Å². The Balaban J connectivity index is 3.92. The lowest BCUT2D eigenvalue weighted by molar-refractivity contribution is 0.569. The highest BCUT2D eigenvalue weighted by Crippen LogP contribution is 2.00. The summed E-state index contributed by atoms with van der Waals surface area (Å²) in [6, 6.07) is 0. The third-order valence-electron chi connectivity index (χ3n) is 2.04. The summed E-state index contributed by atoms with van der Waals surface area (Å²) in [5.74, 6) is 0. The SMILES string of the molecule is CC(CCNS(=O)(=O)C(C)C)S(C)=O. The van der Waals surface area contributed by atoms with Crippen LogP contribution in [0.2, 0.25) is 0 Å². The molecule has 2 unspecified atom stereocenters. The summed E-state index contributed by atoms with van der Waals surface area (Å²) in [5.41, 5.74) is 0. The maximum atomic E-state index is 11.3. The van der Waals surface area contributed by atoms with Crippen LogP contribution in [-0.2, 0) is 20.8 Å². The molecular formula is C8H19NO3S2. The second kappa shape index (κ2) is 5.82. The zero-order chi connectivity index (χ0) is 11.4. The van der Waals surface area contributed by atoms with Crippen LogP contribution in [-0.4, -0.2) is 35.9 Å². The molecule has 6 heteroatoms. The Bertz CT molecular complexity index is 285. The van der Waals surface area contributed by atoms with Gasteiger partial charge in [-0.25, -0.2) is 13.1 Å². The lowest BCUT2D eigenvalue weighted by atomic mass is 10.3. The molecule has 0 aliphatic rings. The van der Waals surface area contributed by atoms with Crippen molar-refractivity contribution in [1.82, 2.24) is 4.72 Å². The Kier molecular flexibility index (Phi) is 5.85. The molecule has 0 aliphatic carbocycles. The molecule has 0 aromatic heterocycles. The number of nitrogens with one attached hydrogen (secondary N) is 1. The van der Waals surface area contributed by atoms with E-state index >= 15 is 0 Å². The highest BCUT2D eigenvalue weighted by Gasteiger charge is 2.15. The maximum Gasteiger partial charge on any atom is 0.213 e. The summed E-state index contributed by atoms with van der Waals surface area (Å²) in [5, 5.41) is -0.380. The van der Waals surface area contributed by atoms with Crippen LogP contribution in [0.4, 0.5) is 0 Å². The van der Waals surface area contributed by atoms with Crippen LogP contribution in [0.1, 0.15) is 27.2 Å². The standard InChI is InChI=1S/C8H19NO3S2/c1-7(2)14(11,12)9-6-5-8(3)13(4)10/h7-9H,5-6H2,1-4H3. The topological polar surface area (TPSA) is 63.2 Å². The molecule has 0 aromatic rings. The monoisotopic (exact) mass is 241 g/mol. The lowest BCUT2D eigenvalue weighted by Crippen LogP contribution is -2.33. The third kappa shape index (κ3) is 5.07. The van der Waals surface area contributed by atoms with Crippen molar-refractivity contribution in [3.63, 3.8) is 0 Å². The first-order valence-electron chi connectivity index (χ1n) is 4.58. The van der Waals surface area contributed by atoms with Crippen molar-refractivity contribution >= 4 is 20.8 Å². The minimum atomic E-state index is -3.17. The van der Waals surface area contributed by atoms with E-state index in [1.54, 1.807) is 20.1 Å². The molecule has 86 valence electrons. The number of hydrogen-bond acceptors (Lipinski definition) is 3. The van der Waals surface area contributed by atoms with Crippen molar-refractivity contribution in [3.05, 3.63) is 0 Å². The molecule has 2 atom stereocenters. The second-order valence-electron chi connectivity index (χ2n) is 3.59. The molecule has 4 nitrogen and oxygen atoms in total. The van der Waals surface area contributed by atoms with Gasteiger partial charge in [-0.2, -0.15) is 0 Å². The van der Waals surface area contributed by atoms with Gasteiger partial charge in [0.05, 0.1) is 5.25 Å². The molecular weight excluding hydrogens is 222 g/mol. The molecule has 0 heterocycles. The summed E-state index contributed by atoms with van der Waals surface area (Å²) < 4.78 is 36.0. The van der Waals surface area contributed by atoms with Crippen molar-refractivity contribution in [3.8, 4) is 0 Å². The molecule has 1 N–H and O–H groups in total. The predicted octanol–water partition coefficient (Wildman–Crippen LogP) is 0.471. The summed E-state index contributed by atoms with van der Waals surface area (Å²) in [6.45, 7) is 5.47. The Hall–Kier alpha value is 0.0600. The Morgan fingerprint density at radius 2 is 1.79 bits per heavy atom. The Morgan fingerprint density at radius 3 is 2.14 bits per heavy atom. The van der Waals surface area contributed by atoms with E-state index in [0.717, 1.165) is 0 Å². The van der Waals surface area contributed by atoms with Gasteiger partial charge >= 0.3 is 0 Å². The average molecular weight is 241 g/mol. The van der Waals surface area contributed by atoms with Gasteiger partial charge in [0.2, 0.25) is 10.0 Å². The van der Waals surface area contributed by atoms with Crippen molar-refractivity contribution in [2.45, 2.75) is 37.7 Å². The van der Waals surface area contributed by atoms with Gasteiger partial charge in [0, 0.05) is 28.9 Å². The molecule has 0 bridgehead atoms. The molecule has 14 heavy (non-hydrogen) atoms. The van der Waals surface area contributed by atoms with E-state index in [4.69, 9.17) is 0 Å². The average Bonchev–Trinajstić information content (AvgIpc) is 2.03. The normalized spacial score (nSPS) is 16.9. The van der Waals surface area contributed by atoms with Gasteiger partial charge in [0.25, 0.3) is 0 Å². The van der Waals surface area contributed by atoms with Crippen LogP contribution in [0.25, 0.3) is 0 Å². The fraction of sp³-hybridized carbons (Fsp3) is 1.00. The van der Waals surface area contributed by atoms with Crippen molar-refractivity contribution in [2.24, 2.45) is 0 Å². The van der Waals surface area contributed by atoms with Gasteiger partial charge in [0.1, 0.15) is 0 Å². The van der Waals surface area contributed by atoms with Crippen LogP contribution in [0.5, 0.6) is 0 Å². The third-order valence-corrected chi connectivity index (χ3v) is 5.26. The molecule has 0 amide bonds. The predicted molar refractivity (Wildman–Crippen MR) is 60.2 cm³/mol. The molecule has 0 saturated heterocycles. The Labute approximate surface area is 89.0 Å². The summed E-state index contributed by atoms with van der Waals surface area (Å²) in [7, 11) is -4.05. The van der Waals surface area contributed by atoms with Gasteiger partial charge in [-0.15, -0.1) is 0 Å². The van der Waals surface area contributed by atoms with E-state index in [1.165, 1.54) is 0 Å². The highest BCUT2D eigenvalue weighted by molar-refractivity contribution is 7.90. The van der Waals surface area contributed by atoms with Crippen LogP contribution in [0, 0.1) is 0 Å². The van der Waals surface area contributed by atoms with Gasteiger partial charge in [-0.1, -0.05) is 6.92 Å². The van der Waals surface area contributed by atoms with Crippen LogP contribution < -0.4 is 4.72 Å². The van der Waals surface area contributed by atoms with Gasteiger partial charge in [0.15, 0.2) is 0 Å². The molecule has 0 fully saturated rings. The first kappa shape index (κ1) is 14.1. The summed E-state index contributed by atoms with van der Waals surface area (Å²) in [4.78, 5) is 0. The van der Waals surface area contributed by atoms with Crippen molar-refractivity contribution in [2.75, 3.05) is 12.8 Å². The highest BCUT2D eigenvalue weighted by atomic mass is 32.2. The molecule has 0 aliphatic heterocycles. The molecule has 0 rings (SSSR count). The zero-order valence-corrected chi connectivity index (χ0v) is 10.7. The van der Waals surface area contributed by atoms with Crippen LogP contribution in [0.3, 0.4) is 0 Å². The van der Waals surface area contributed by atoms with Gasteiger partial charge in [-0.3, -0.25) is 4.21 Å². The minimum Gasteiger partial charge on any atom is -0.260 e. The lowest BCUT2D eigenvalue weighted by Gasteiger charge is -2.11.